The van der Waals surface area contributed by atoms with E-state index in [0.717, 1.165) is 46.9 Å². The monoisotopic (exact) mass is 615 g/mol. The van der Waals surface area contributed by atoms with Gasteiger partial charge in [0.05, 0.1) is 18.0 Å². The maximum absolute atomic E-state index is 14.3. The minimum absolute atomic E-state index is 0.110. The molecule has 2 aliphatic rings. The summed E-state index contributed by atoms with van der Waals surface area (Å²) >= 11 is 2.80. The second-order valence-corrected chi connectivity index (χ2v) is 12.7. The van der Waals surface area contributed by atoms with Crippen LogP contribution in [0.1, 0.15) is 48.5 Å². The number of hydrogen-bond acceptors (Lipinski definition) is 9. The fourth-order valence-corrected chi connectivity index (χ4v) is 7.30. The topological polar surface area (TPSA) is 107 Å². The van der Waals surface area contributed by atoms with Gasteiger partial charge in [-0.3, -0.25) is 9.59 Å². The number of fused-ring (bicyclic) bond motifs is 1. The number of nitrogens with one attached hydrogen (secondary N) is 1. The van der Waals surface area contributed by atoms with Gasteiger partial charge in [0.2, 0.25) is 18.6 Å². The number of anilines is 1. The second kappa shape index (κ2) is 12.7. The summed E-state index contributed by atoms with van der Waals surface area (Å²) in [7, 11) is 0. The molecule has 0 atom stereocenters. The number of amides is 2. The molecule has 1 N–H and O–H groups in total. The van der Waals surface area contributed by atoms with Crippen LogP contribution in [0, 0.1) is 13.8 Å². The van der Waals surface area contributed by atoms with Crippen LogP contribution in [0.15, 0.2) is 65.1 Å². The fourth-order valence-electron chi connectivity index (χ4n) is 5.68. The summed E-state index contributed by atoms with van der Waals surface area (Å²) in [6, 6.07) is 17.2. The molecule has 222 valence electrons. The molecule has 1 fully saturated rings. The van der Waals surface area contributed by atoms with Crippen LogP contribution in [0.2, 0.25) is 0 Å². The van der Waals surface area contributed by atoms with Crippen molar-refractivity contribution in [2.75, 3.05) is 17.9 Å². The number of aromatic nitrogens is 3. The average Bonchev–Trinajstić information content (AvgIpc) is 3.69. The van der Waals surface area contributed by atoms with E-state index in [1.165, 1.54) is 23.1 Å². The van der Waals surface area contributed by atoms with Crippen molar-refractivity contribution in [3.05, 3.63) is 76.4 Å². The van der Waals surface area contributed by atoms with E-state index in [4.69, 9.17) is 14.5 Å². The maximum Gasteiger partial charge on any atom is 0.250 e. The SMILES string of the molecule is Cc1cc(C)nc(SCC(=O)N(Cc2nc(-c3ccccc3)cs2)C2(C(=O)Nc3ccc4c(c3)OCO4)CCCCC2)n1. The van der Waals surface area contributed by atoms with Gasteiger partial charge >= 0.3 is 0 Å². The fraction of sp³-hybridized carbons (Fsp3) is 0.344. The van der Waals surface area contributed by atoms with Gasteiger partial charge in [-0.15, -0.1) is 11.3 Å². The second-order valence-electron chi connectivity index (χ2n) is 10.8. The van der Waals surface area contributed by atoms with Gasteiger partial charge in [0.15, 0.2) is 16.7 Å². The number of carbonyl (C=O) groups excluding carboxylic acids is 2. The van der Waals surface area contributed by atoms with Crippen LogP contribution in [0.3, 0.4) is 0 Å². The maximum atomic E-state index is 14.3. The summed E-state index contributed by atoms with van der Waals surface area (Å²) in [5.74, 6) is 0.993. The lowest BCUT2D eigenvalue weighted by Gasteiger charge is -2.44. The first-order valence-electron chi connectivity index (χ1n) is 14.4. The van der Waals surface area contributed by atoms with Gasteiger partial charge in [0, 0.05) is 34.1 Å². The average molecular weight is 616 g/mol. The lowest BCUT2D eigenvalue weighted by molar-refractivity contribution is -0.146. The Kier molecular flexibility index (Phi) is 8.62. The van der Waals surface area contributed by atoms with Crippen molar-refractivity contribution in [2.24, 2.45) is 0 Å². The van der Waals surface area contributed by atoms with Gasteiger partial charge in [0.1, 0.15) is 10.5 Å². The van der Waals surface area contributed by atoms with Crippen LogP contribution in [0.5, 0.6) is 11.5 Å². The van der Waals surface area contributed by atoms with Gasteiger partial charge in [-0.1, -0.05) is 61.4 Å². The molecule has 6 rings (SSSR count). The zero-order valence-corrected chi connectivity index (χ0v) is 25.8. The minimum atomic E-state index is -1.03. The van der Waals surface area contributed by atoms with Crippen molar-refractivity contribution in [1.29, 1.82) is 0 Å². The highest BCUT2D eigenvalue weighted by Gasteiger charge is 2.47. The summed E-state index contributed by atoms with van der Waals surface area (Å²) in [5, 5.41) is 6.44. The first kappa shape index (κ1) is 29.1. The summed E-state index contributed by atoms with van der Waals surface area (Å²) in [5.41, 5.74) is 3.13. The first-order chi connectivity index (χ1) is 20.9. The van der Waals surface area contributed by atoms with Crippen molar-refractivity contribution < 1.29 is 19.1 Å². The molecular weight excluding hydrogens is 583 g/mol. The van der Waals surface area contributed by atoms with Crippen LogP contribution in [-0.4, -0.2) is 49.8 Å². The van der Waals surface area contributed by atoms with E-state index in [1.54, 1.807) is 23.1 Å². The van der Waals surface area contributed by atoms with Crippen LogP contribution in [0.4, 0.5) is 5.69 Å². The standard InChI is InChI=1S/C32H33N5O4S2/c1-21-15-22(2)34-31(33-21)43-19-29(38)37(17-28-36-25(18-42-28)23-9-5-3-6-10-23)32(13-7-4-8-14-32)30(39)35-24-11-12-26-27(16-24)41-20-40-26/h3,5-6,9-12,15-16,18H,4,7-8,13-14,17,19-20H2,1-2H3,(H,35,39). The van der Waals surface area contributed by atoms with E-state index < -0.39 is 5.54 Å². The van der Waals surface area contributed by atoms with E-state index in [9.17, 15) is 9.59 Å². The number of hydrogen-bond donors (Lipinski definition) is 1. The molecule has 2 aromatic heterocycles. The Hall–Kier alpha value is -3.96. The smallest absolute Gasteiger partial charge is 0.250 e. The molecule has 0 spiro atoms. The molecule has 2 aromatic carbocycles. The molecule has 1 aliphatic heterocycles. The van der Waals surface area contributed by atoms with Gasteiger partial charge in [0.25, 0.3) is 0 Å². The molecule has 1 saturated carbocycles. The Labute approximate surface area is 259 Å². The zero-order chi connectivity index (χ0) is 29.8. The Morgan fingerprint density at radius 2 is 1.70 bits per heavy atom. The van der Waals surface area contributed by atoms with Gasteiger partial charge < -0.3 is 19.7 Å². The minimum Gasteiger partial charge on any atom is -0.454 e. The van der Waals surface area contributed by atoms with Crippen LogP contribution in [0.25, 0.3) is 11.3 Å². The molecule has 3 heterocycles. The Morgan fingerprint density at radius 3 is 2.47 bits per heavy atom. The van der Waals surface area contributed by atoms with E-state index in [-0.39, 0.29) is 30.9 Å². The van der Waals surface area contributed by atoms with E-state index in [1.807, 2.05) is 55.6 Å². The first-order valence-corrected chi connectivity index (χ1v) is 16.2. The van der Waals surface area contributed by atoms with Crippen LogP contribution in [-0.2, 0) is 16.1 Å². The number of nitrogens with zero attached hydrogens (tertiary/aromatic N) is 4. The molecule has 9 nitrogen and oxygen atoms in total. The van der Waals surface area contributed by atoms with Gasteiger partial charge in [-0.05, 0) is 44.9 Å². The van der Waals surface area contributed by atoms with Crippen LogP contribution < -0.4 is 14.8 Å². The van der Waals surface area contributed by atoms with Crippen molar-refractivity contribution >= 4 is 40.6 Å². The number of rotatable bonds is 9. The third-order valence-corrected chi connectivity index (χ3v) is 9.42. The lowest BCUT2D eigenvalue weighted by atomic mass is 9.79. The molecule has 0 radical (unpaired) electrons. The number of thioether (sulfide) groups is 1. The van der Waals surface area contributed by atoms with Crippen molar-refractivity contribution in [1.82, 2.24) is 19.9 Å². The molecule has 0 bridgehead atoms. The Balaban J connectivity index is 1.31. The van der Waals surface area contributed by atoms with E-state index in [2.05, 4.69) is 15.3 Å². The molecule has 2 amide bonds. The summed E-state index contributed by atoms with van der Waals surface area (Å²) < 4.78 is 11.0. The predicted molar refractivity (Wildman–Crippen MR) is 167 cm³/mol. The summed E-state index contributed by atoms with van der Waals surface area (Å²) in [4.78, 5) is 44.1. The highest BCUT2D eigenvalue weighted by molar-refractivity contribution is 7.99. The molecule has 1 aliphatic carbocycles. The predicted octanol–water partition coefficient (Wildman–Crippen LogP) is 6.41. The summed E-state index contributed by atoms with van der Waals surface area (Å²) in [6.07, 6.45) is 3.84. The Bertz CT molecular complexity index is 1600. The number of benzene rings is 2. The number of carbonyl (C=O) groups is 2. The van der Waals surface area contributed by atoms with Crippen molar-refractivity contribution in [3.63, 3.8) is 0 Å². The lowest BCUT2D eigenvalue weighted by Crippen LogP contribution is -2.60. The third kappa shape index (κ3) is 6.52. The number of ether oxygens (including phenoxy) is 2. The van der Waals surface area contributed by atoms with Crippen molar-refractivity contribution in [2.45, 2.75) is 63.2 Å². The molecule has 43 heavy (non-hydrogen) atoms. The highest BCUT2D eigenvalue weighted by atomic mass is 32.2. The third-order valence-electron chi connectivity index (χ3n) is 7.75. The zero-order valence-electron chi connectivity index (χ0n) is 24.2. The number of thiazole rings is 1. The van der Waals surface area contributed by atoms with Gasteiger partial charge in [-0.2, -0.15) is 0 Å². The van der Waals surface area contributed by atoms with E-state index >= 15 is 0 Å². The molecule has 11 heteroatoms. The van der Waals surface area contributed by atoms with Crippen molar-refractivity contribution in [3.8, 4) is 22.8 Å². The molecular formula is C32H33N5O4S2. The summed E-state index contributed by atoms with van der Waals surface area (Å²) in [6.45, 7) is 4.22. The number of aryl methyl sites for hydroxylation is 2. The normalized spacial score (nSPS) is 15.2. The van der Waals surface area contributed by atoms with Crippen LogP contribution >= 0.6 is 23.1 Å². The molecule has 0 unspecified atom stereocenters. The largest absolute Gasteiger partial charge is 0.454 e. The Morgan fingerprint density at radius 1 is 0.953 bits per heavy atom. The molecule has 0 saturated heterocycles. The van der Waals surface area contributed by atoms with E-state index in [0.29, 0.717) is 35.2 Å². The highest BCUT2D eigenvalue weighted by Crippen LogP contribution is 2.39. The van der Waals surface area contributed by atoms with Gasteiger partial charge in [-0.25, -0.2) is 15.0 Å². The quantitative estimate of drug-likeness (QED) is 0.170. The molecule has 4 aromatic rings.